The van der Waals surface area contributed by atoms with E-state index >= 15 is 0 Å². The quantitative estimate of drug-likeness (QED) is 0.841. The van der Waals surface area contributed by atoms with E-state index in [0.29, 0.717) is 37.3 Å². The zero-order valence-corrected chi connectivity index (χ0v) is 15.9. The molecule has 2 heterocycles. The molecule has 1 amide bonds. The van der Waals surface area contributed by atoms with Crippen LogP contribution in [-0.4, -0.2) is 47.7 Å². The number of ether oxygens (including phenoxy) is 2. The van der Waals surface area contributed by atoms with Gasteiger partial charge in [0.05, 0.1) is 19.0 Å². The average molecular weight is 370 g/mol. The highest BCUT2D eigenvalue weighted by Gasteiger charge is 2.24. The molecule has 0 aliphatic carbocycles. The van der Waals surface area contributed by atoms with Crippen LogP contribution >= 0.6 is 0 Å². The highest BCUT2D eigenvalue weighted by molar-refractivity contribution is 5.67. The Labute approximate surface area is 159 Å². The second kappa shape index (κ2) is 9.21. The monoisotopic (exact) mass is 370 g/mol. The molecule has 27 heavy (non-hydrogen) atoms. The lowest BCUT2D eigenvalue weighted by molar-refractivity contribution is 0.0832. The fourth-order valence-corrected chi connectivity index (χ4v) is 3.09. The summed E-state index contributed by atoms with van der Waals surface area (Å²) in [7, 11) is 1.59. The molecule has 7 nitrogen and oxygen atoms in total. The number of hydrogen-bond donors (Lipinski definition) is 1. The minimum atomic E-state index is -0.240. The molecule has 0 atom stereocenters. The average Bonchev–Trinajstić information content (AvgIpc) is 2.72. The van der Waals surface area contributed by atoms with E-state index in [-0.39, 0.29) is 6.09 Å². The van der Waals surface area contributed by atoms with Gasteiger partial charge in [0.2, 0.25) is 0 Å². The predicted octanol–water partition coefficient (Wildman–Crippen LogP) is 3.25. The second-order valence-corrected chi connectivity index (χ2v) is 6.72. The lowest BCUT2D eigenvalue weighted by Gasteiger charge is -2.31. The summed E-state index contributed by atoms with van der Waals surface area (Å²) in [5.41, 5.74) is 1.82. The van der Waals surface area contributed by atoms with E-state index in [1.165, 1.54) is 0 Å². The van der Waals surface area contributed by atoms with Crippen molar-refractivity contribution in [2.24, 2.45) is 5.92 Å². The first kappa shape index (κ1) is 18.9. The molecule has 3 rings (SSSR count). The van der Waals surface area contributed by atoms with E-state index in [2.05, 4.69) is 15.3 Å². The Hall–Kier alpha value is -2.83. The SMILES string of the molecule is COc1nc(C)cnc1NCC1CCN(C(=O)OCc2ccccc2)CC1. The zero-order chi connectivity index (χ0) is 19.1. The van der Waals surface area contributed by atoms with Crippen LogP contribution in [0.25, 0.3) is 0 Å². The van der Waals surface area contributed by atoms with E-state index in [4.69, 9.17) is 9.47 Å². The van der Waals surface area contributed by atoms with Crippen LogP contribution in [0.3, 0.4) is 0 Å². The lowest BCUT2D eigenvalue weighted by Crippen LogP contribution is -2.40. The van der Waals surface area contributed by atoms with Gasteiger partial charge in [0.15, 0.2) is 5.82 Å². The first-order chi connectivity index (χ1) is 13.2. The molecular weight excluding hydrogens is 344 g/mol. The Balaban J connectivity index is 1.41. The Kier molecular flexibility index (Phi) is 6.46. The largest absolute Gasteiger partial charge is 0.478 e. The number of methoxy groups -OCH3 is 1. The molecule has 0 bridgehead atoms. The van der Waals surface area contributed by atoms with Crippen molar-refractivity contribution in [3.8, 4) is 5.88 Å². The maximum absolute atomic E-state index is 12.2. The third-order valence-electron chi connectivity index (χ3n) is 4.69. The molecule has 1 aliphatic heterocycles. The van der Waals surface area contributed by atoms with Crippen LogP contribution in [0.1, 0.15) is 24.1 Å². The smallest absolute Gasteiger partial charge is 0.410 e. The Bertz CT molecular complexity index is 746. The summed E-state index contributed by atoms with van der Waals surface area (Å²) in [6, 6.07) is 9.73. The van der Waals surface area contributed by atoms with Crippen LogP contribution in [0.2, 0.25) is 0 Å². The van der Waals surface area contributed by atoms with Gasteiger partial charge in [0, 0.05) is 19.6 Å². The first-order valence-electron chi connectivity index (χ1n) is 9.23. The molecule has 0 unspecified atom stereocenters. The molecule has 1 N–H and O–H groups in total. The summed E-state index contributed by atoms with van der Waals surface area (Å²) in [5, 5.41) is 3.32. The van der Waals surface area contributed by atoms with Crippen molar-refractivity contribution in [1.29, 1.82) is 0 Å². The maximum Gasteiger partial charge on any atom is 0.410 e. The van der Waals surface area contributed by atoms with Gasteiger partial charge in [-0.3, -0.25) is 0 Å². The van der Waals surface area contributed by atoms with Gasteiger partial charge in [-0.15, -0.1) is 0 Å². The molecule has 1 saturated heterocycles. The number of hydrogen-bond acceptors (Lipinski definition) is 6. The number of carbonyl (C=O) groups excluding carboxylic acids is 1. The van der Waals surface area contributed by atoms with Crippen LogP contribution in [0.15, 0.2) is 36.5 Å². The van der Waals surface area contributed by atoms with Crippen molar-refractivity contribution in [2.45, 2.75) is 26.4 Å². The molecular formula is C20H26N4O3. The van der Waals surface area contributed by atoms with Gasteiger partial charge in [-0.1, -0.05) is 30.3 Å². The van der Waals surface area contributed by atoms with Crippen LogP contribution in [0, 0.1) is 12.8 Å². The van der Waals surface area contributed by atoms with Crippen LogP contribution in [-0.2, 0) is 11.3 Å². The number of benzene rings is 1. The van der Waals surface area contributed by atoms with Gasteiger partial charge in [-0.2, -0.15) is 0 Å². The summed E-state index contributed by atoms with van der Waals surface area (Å²) < 4.78 is 10.7. The van der Waals surface area contributed by atoms with Crippen LogP contribution < -0.4 is 10.1 Å². The molecule has 144 valence electrons. The predicted molar refractivity (Wildman–Crippen MR) is 103 cm³/mol. The third-order valence-corrected chi connectivity index (χ3v) is 4.69. The summed E-state index contributed by atoms with van der Waals surface area (Å²) in [6.07, 6.45) is 3.33. The molecule has 7 heteroatoms. The summed E-state index contributed by atoms with van der Waals surface area (Å²) >= 11 is 0. The van der Waals surface area contributed by atoms with Crippen molar-refractivity contribution >= 4 is 11.9 Å². The topological polar surface area (TPSA) is 76.6 Å². The molecule has 1 fully saturated rings. The van der Waals surface area contributed by atoms with Gasteiger partial charge < -0.3 is 19.7 Å². The normalized spacial score (nSPS) is 14.7. The summed E-state index contributed by atoms with van der Waals surface area (Å²) in [4.78, 5) is 22.7. The Morgan fingerprint density at radius 1 is 1.26 bits per heavy atom. The number of aromatic nitrogens is 2. The highest BCUT2D eigenvalue weighted by Crippen LogP contribution is 2.22. The highest BCUT2D eigenvalue weighted by atomic mass is 16.6. The summed E-state index contributed by atoms with van der Waals surface area (Å²) in [6.45, 7) is 4.38. The molecule has 0 saturated carbocycles. The fourth-order valence-electron chi connectivity index (χ4n) is 3.09. The number of piperidine rings is 1. The Morgan fingerprint density at radius 2 is 2.00 bits per heavy atom. The van der Waals surface area contributed by atoms with Gasteiger partial charge >= 0.3 is 6.09 Å². The number of likely N-dealkylation sites (tertiary alicyclic amines) is 1. The number of anilines is 1. The molecule has 1 aromatic heterocycles. The van der Waals surface area contributed by atoms with Crippen molar-refractivity contribution in [2.75, 3.05) is 32.1 Å². The van der Waals surface area contributed by atoms with Gasteiger partial charge in [0.1, 0.15) is 6.61 Å². The van der Waals surface area contributed by atoms with E-state index in [1.54, 1.807) is 18.2 Å². The minimum absolute atomic E-state index is 0.240. The lowest BCUT2D eigenvalue weighted by atomic mass is 9.97. The number of nitrogens with zero attached hydrogens (tertiary/aromatic N) is 3. The molecule has 1 aromatic carbocycles. The van der Waals surface area contributed by atoms with Crippen LogP contribution in [0.5, 0.6) is 5.88 Å². The fraction of sp³-hybridized carbons (Fsp3) is 0.450. The van der Waals surface area contributed by atoms with Crippen molar-refractivity contribution in [3.63, 3.8) is 0 Å². The summed E-state index contributed by atoms with van der Waals surface area (Å²) in [5.74, 6) is 1.64. The number of rotatable bonds is 6. The maximum atomic E-state index is 12.2. The standard InChI is InChI=1S/C20H26N4O3/c1-15-12-21-18(19(23-15)26-2)22-13-16-8-10-24(11-9-16)20(25)27-14-17-6-4-3-5-7-17/h3-7,12,16H,8-11,13-14H2,1-2H3,(H,21,22). The van der Waals surface area contributed by atoms with Gasteiger partial charge in [0.25, 0.3) is 5.88 Å². The molecule has 1 aliphatic rings. The van der Waals surface area contributed by atoms with E-state index in [1.807, 2.05) is 37.3 Å². The molecule has 0 spiro atoms. The first-order valence-corrected chi connectivity index (χ1v) is 9.23. The van der Waals surface area contributed by atoms with Crippen LogP contribution in [0.4, 0.5) is 10.6 Å². The number of nitrogens with one attached hydrogen (secondary N) is 1. The van der Waals surface area contributed by atoms with Crippen molar-refractivity contribution in [1.82, 2.24) is 14.9 Å². The van der Waals surface area contributed by atoms with Gasteiger partial charge in [-0.05, 0) is 31.2 Å². The Morgan fingerprint density at radius 3 is 2.70 bits per heavy atom. The van der Waals surface area contributed by atoms with Crippen molar-refractivity contribution in [3.05, 3.63) is 47.8 Å². The number of amides is 1. The third kappa shape index (κ3) is 5.32. The molecule has 0 radical (unpaired) electrons. The van der Waals surface area contributed by atoms with E-state index in [0.717, 1.165) is 30.6 Å². The second-order valence-electron chi connectivity index (χ2n) is 6.72. The number of aryl methyl sites for hydroxylation is 1. The van der Waals surface area contributed by atoms with E-state index < -0.39 is 0 Å². The van der Waals surface area contributed by atoms with Crippen molar-refractivity contribution < 1.29 is 14.3 Å². The van der Waals surface area contributed by atoms with Gasteiger partial charge in [-0.25, -0.2) is 14.8 Å². The zero-order valence-electron chi connectivity index (χ0n) is 15.9. The van der Waals surface area contributed by atoms with E-state index in [9.17, 15) is 4.79 Å². The molecule has 2 aromatic rings. The minimum Gasteiger partial charge on any atom is -0.478 e. The number of carbonyl (C=O) groups is 1.